The Balaban J connectivity index is 3.16. The highest BCUT2D eigenvalue weighted by Gasteiger charge is 2.00. The first-order valence-corrected chi connectivity index (χ1v) is 8.60. The molecule has 0 aromatic rings. The van der Waals surface area contributed by atoms with E-state index >= 15 is 0 Å². The molecular weight excluding hydrogens is 312 g/mol. The first-order valence-electron chi connectivity index (χ1n) is 8.60. The number of hydrogen-bond donors (Lipinski definition) is 2. The van der Waals surface area contributed by atoms with Crippen LogP contribution in [-0.4, -0.2) is 71.9 Å². The lowest BCUT2D eigenvalue weighted by Gasteiger charge is -2.08. The number of allylic oxidation sites excluding steroid dienone is 2. The maximum atomic E-state index is 11.5. The second-order valence-corrected chi connectivity index (χ2v) is 5.22. The summed E-state index contributed by atoms with van der Waals surface area (Å²) in [5.74, 6) is 0.0589. The third-order valence-electron chi connectivity index (χ3n) is 3.19. The smallest absolute Gasteiger partial charge is 0.220 e. The van der Waals surface area contributed by atoms with Gasteiger partial charge in [0.25, 0.3) is 0 Å². The van der Waals surface area contributed by atoms with Gasteiger partial charge in [-0.15, -0.1) is 0 Å². The van der Waals surface area contributed by atoms with Gasteiger partial charge in [-0.25, -0.2) is 0 Å². The maximum absolute atomic E-state index is 11.5. The zero-order chi connectivity index (χ0) is 17.9. The zero-order valence-electron chi connectivity index (χ0n) is 15.2. The van der Waals surface area contributed by atoms with Gasteiger partial charge in [0, 0.05) is 19.5 Å². The highest BCUT2D eigenvalue weighted by molar-refractivity contribution is 5.76. The molecule has 0 rings (SSSR count). The predicted octanol–water partition coefficient (Wildman–Crippen LogP) is 0.874. The summed E-state index contributed by atoms with van der Waals surface area (Å²) in [6, 6.07) is 0. The summed E-state index contributed by atoms with van der Waals surface area (Å²) in [5.41, 5.74) is 6.52. The van der Waals surface area contributed by atoms with Gasteiger partial charge in [0.1, 0.15) is 0 Å². The van der Waals surface area contributed by atoms with E-state index in [0.717, 1.165) is 6.42 Å². The molecule has 7 nitrogen and oxygen atoms in total. The Morgan fingerprint density at radius 2 is 1.38 bits per heavy atom. The van der Waals surface area contributed by atoms with E-state index in [9.17, 15) is 4.79 Å². The van der Waals surface area contributed by atoms with E-state index in [-0.39, 0.29) is 5.91 Å². The number of carbonyl (C=O) groups is 1. The Hall–Kier alpha value is -0.990. The lowest BCUT2D eigenvalue weighted by Crippen LogP contribution is -2.27. The van der Waals surface area contributed by atoms with E-state index in [1.54, 1.807) is 0 Å². The lowest BCUT2D eigenvalue weighted by molar-refractivity contribution is -0.121. The number of nitrogens with one attached hydrogen (secondary N) is 1. The summed E-state index contributed by atoms with van der Waals surface area (Å²) in [6.45, 7) is 9.31. The lowest BCUT2D eigenvalue weighted by atomic mass is 10.1. The average Bonchev–Trinajstić information content (AvgIpc) is 2.59. The molecule has 0 saturated carbocycles. The van der Waals surface area contributed by atoms with Crippen molar-refractivity contribution in [3.8, 4) is 0 Å². The van der Waals surface area contributed by atoms with E-state index in [4.69, 9.17) is 24.7 Å². The molecule has 24 heavy (non-hydrogen) atoms. The average molecular weight is 346 g/mol. The third-order valence-corrected chi connectivity index (χ3v) is 3.19. The van der Waals surface area contributed by atoms with E-state index in [0.29, 0.717) is 72.4 Å². The number of hydrogen-bond acceptors (Lipinski definition) is 6. The van der Waals surface area contributed by atoms with Crippen molar-refractivity contribution in [1.29, 1.82) is 0 Å². The van der Waals surface area contributed by atoms with E-state index in [1.165, 1.54) is 5.57 Å². The second-order valence-electron chi connectivity index (χ2n) is 5.22. The van der Waals surface area contributed by atoms with Crippen molar-refractivity contribution in [2.45, 2.75) is 26.7 Å². The van der Waals surface area contributed by atoms with Crippen LogP contribution < -0.4 is 11.1 Å². The summed E-state index contributed by atoms with van der Waals surface area (Å²) < 4.78 is 21.2. The van der Waals surface area contributed by atoms with Crippen LogP contribution in [0.15, 0.2) is 11.6 Å². The quantitative estimate of drug-likeness (QED) is 0.300. The summed E-state index contributed by atoms with van der Waals surface area (Å²) in [7, 11) is 0. The van der Waals surface area contributed by atoms with Gasteiger partial charge >= 0.3 is 0 Å². The molecule has 1 amide bonds. The maximum Gasteiger partial charge on any atom is 0.220 e. The molecule has 0 aliphatic rings. The van der Waals surface area contributed by atoms with Gasteiger partial charge in [-0.2, -0.15) is 0 Å². The fourth-order valence-corrected chi connectivity index (χ4v) is 1.65. The Labute approximate surface area is 145 Å². The van der Waals surface area contributed by atoms with Crippen LogP contribution in [0.1, 0.15) is 26.7 Å². The number of amides is 1. The van der Waals surface area contributed by atoms with Crippen LogP contribution in [0.2, 0.25) is 0 Å². The van der Waals surface area contributed by atoms with Crippen LogP contribution in [0.5, 0.6) is 0 Å². The first-order chi connectivity index (χ1) is 11.7. The predicted molar refractivity (Wildman–Crippen MR) is 94.0 cm³/mol. The van der Waals surface area contributed by atoms with Gasteiger partial charge in [0.15, 0.2) is 0 Å². The number of carbonyl (C=O) groups excluding carboxylic acids is 1. The van der Waals surface area contributed by atoms with Gasteiger partial charge in [-0.3, -0.25) is 4.79 Å². The Bertz CT molecular complexity index is 324. The summed E-state index contributed by atoms with van der Waals surface area (Å²) in [6.07, 6.45) is 3.35. The van der Waals surface area contributed by atoms with E-state index in [1.807, 2.05) is 19.9 Å². The van der Waals surface area contributed by atoms with Crippen LogP contribution in [0.25, 0.3) is 0 Å². The van der Waals surface area contributed by atoms with Crippen LogP contribution in [0.4, 0.5) is 0 Å². The van der Waals surface area contributed by atoms with Gasteiger partial charge in [-0.05, 0) is 20.3 Å². The minimum absolute atomic E-state index is 0.0589. The normalized spacial score (nSPS) is 11.7. The fourth-order valence-electron chi connectivity index (χ4n) is 1.65. The Morgan fingerprint density at radius 1 is 0.875 bits per heavy atom. The molecule has 0 aromatic carbocycles. The van der Waals surface area contributed by atoms with Gasteiger partial charge in [0.05, 0.1) is 52.9 Å². The van der Waals surface area contributed by atoms with Gasteiger partial charge in [0.2, 0.25) is 5.91 Å². The van der Waals surface area contributed by atoms with Crippen LogP contribution in [-0.2, 0) is 23.7 Å². The number of nitrogens with two attached hydrogens (primary N) is 1. The fraction of sp³-hybridized carbons (Fsp3) is 0.824. The SMILES string of the molecule is C/C=C(\C)CCC(=O)NCCOCCOCCOCCOCCN. The highest BCUT2D eigenvalue weighted by atomic mass is 16.6. The van der Waals surface area contributed by atoms with Gasteiger partial charge in [-0.1, -0.05) is 11.6 Å². The highest BCUT2D eigenvalue weighted by Crippen LogP contribution is 2.02. The monoisotopic (exact) mass is 346 g/mol. The van der Waals surface area contributed by atoms with Crippen LogP contribution in [0, 0.1) is 0 Å². The zero-order valence-corrected chi connectivity index (χ0v) is 15.2. The molecule has 0 bridgehead atoms. The third kappa shape index (κ3) is 17.4. The van der Waals surface area contributed by atoms with Crippen molar-refractivity contribution < 1.29 is 23.7 Å². The van der Waals surface area contributed by atoms with Crippen LogP contribution in [0.3, 0.4) is 0 Å². The van der Waals surface area contributed by atoms with Crippen molar-refractivity contribution in [3.05, 3.63) is 11.6 Å². The second kappa shape index (κ2) is 18.4. The standard InChI is InChI=1S/C17H34N2O5/c1-3-16(2)4-5-17(20)19-7-9-22-11-13-24-15-14-23-12-10-21-8-6-18/h3H,4-15,18H2,1-2H3,(H,19,20)/b16-3+. The largest absolute Gasteiger partial charge is 0.378 e. The molecule has 3 N–H and O–H groups in total. The summed E-state index contributed by atoms with van der Waals surface area (Å²) in [4.78, 5) is 11.5. The number of ether oxygens (including phenoxy) is 4. The van der Waals surface area contributed by atoms with Crippen molar-refractivity contribution in [2.75, 3.05) is 65.9 Å². The van der Waals surface area contributed by atoms with Crippen molar-refractivity contribution >= 4 is 5.91 Å². The Morgan fingerprint density at radius 3 is 1.88 bits per heavy atom. The van der Waals surface area contributed by atoms with E-state index in [2.05, 4.69) is 5.32 Å². The number of rotatable bonds is 17. The summed E-state index contributed by atoms with van der Waals surface area (Å²) >= 11 is 0. The molecule has 0 heterocycles. The van der Waals surface area contributed by atoms with Gasteiger partial charge < -0.3 is 30.0 Å². The molecule has 0 spiro atoms. The topological polar surface area (TPSA) is 92.0 Å². The Kier molecular flexibility index (Phi) is 17.6. The molecule has 0 aliphatic heterocycles. The first kappa shape index (κ1) is 23.0. The molecule has 7 heteroatoms. The minimum Gasteiger partial charge on any atom is -0.378 e. The molecular formula is C17H34N2O5. The molecule has 0 unspecified atom stereocenters. The van der Waals surface area contributed by atoms with Crippen molar-refractivity contribution in [3.63, 3.8) is 0 Å². The molecule has 0 atom stereocenters. The molecule has 0 radical (unpaired) electrons. The van der Waals surface area contributed by atoms with Crippen LogP contribution >= 0.6 is 0 Å². The minimum atomic E-state index is 0.0589. The molecule has 142 valence electrons. The van der Waals surface area contributed by atoms with Crippen molar-refractivity contribution in [2.24, 2.45) is 5.73 Å². The molecule has 0 aliphatic carbocycles. The molecule has 0 saturated heterocycles. The summed E-state index contributed by atoms with van der Waals surface area (Å²) in [5, 5.41) is 2.83. The molecule has 0 aromatic heterocycles. The molecule has 0 fully saturated rings. The van der Waals surface area contributed by atoms with E-state index < -0.39 is 0 Å². The van der Waals surface area contributed by atoms with Crippen molar-refractivity contribution in [1.82, 2.24) is 5.32 Å².